The van der Waals surface area contributed by atoms with Gasteiger partial charge in [0, 0.05) is 11.6 Å². The van der Waals surface area contributed by atoms with Crippen LogP contribution in [-0.2, 0) is 0 Å². The van der Waals surface area contributed by atoms with E-state index in [1.807, 2.05) is 0 Å². The van der Waals surface area contributed by atoms with Crippen LogP contribution in [0.15, 0.2) is 18.2 Å². The molecular weight excluding hydrogens is 264 g/mol. The van der Waals surface area contributed by atoms with Gasteiger partial charge in [-0.1, -0.05) is 25.2 Å². The summed E-state index contributed by atoms with van der Waals surface area (Å²) in [6.45, 7) is 2.46. The second kappa shape index (κ2) is 7.14. The van der Waals surface area contributed by atoms with E-state index in [2.05, 4.69) is 24.1 Å². The minimum absolute atomic E-state index is 0.0489. The Kier molecular flexibility index (Phi) is 5.24. The SMILES string of the molecule is COc1ccc(C(=O)NC2CCCC2C)cc1C#CCN. The lowest BCUT2D eigenvalue weighted by atomic mass is 10.0. The topological polar surface area (TPSA) is 64.3 Å². The third-order valence-electron chi connectivity index (χ3n) is 3.96. The van der Waals surface area contributed by atoms with Gasteiger partial charge in [-0.2, -0.15) is 0 Å². The molecule has 4 nitrogen and oxygen atoms in total. The molecule has 0 radical (unpaired) electrons. The zero-order valence-electron chi connectivity index (χ0n) is 12.6. The highest BCUT2D eigenvalue weighted by Gasteiger charge is 2.25. The maximum absolute atomic E-state index is 12.3. The molecule has 0 aliphatic heterocycles. The molecular formula is C17H22N2O2. The highest BCUT2D eigenvalue weighted by atomic mass is 16.5. The lowest BCUT2D eigenvalue weighted by Gasteiger charge is -2.17. The fourth-order valence-corrected chi connectivity index (χ4v) is 2.70. The van der Waals surface area contributed by atoms with E-state index in [0.29, 0.717) is 22.8 Å². The molecule has 3 N–H and O–H groups in total. The number of hydrogen-bond donors (Lipinski definition) is 2. The van der Waals surface area contributed by atoms with Gasteiger partial charge in [-0.3, -0.25) is 4.79 Å². The minimum atomic E-state index is -0.0489. The highest BCUT2D eigenvalue weighted by Crippen LogP contribution is 2.25. The van der Waals surface area contributed by atoms with Crippen molar-refractivity contribution in [2.24, 2.45) is 11.7 Å². The van der Waals surface area contributed by atoms with Crippen LogP contribution in [0.4, 0.5) is 0 Å². The summed E-state index contributed by atoms with van der Waals surface area (Å²) < 4.78 is 5.25. The van der Waals surface area contributed by atoms with Gasteiger partial charge < -0.3 is 15.8 Å². The van der Waals surface area contributed by atoms with Gasteiger partial charge in [-0.15, -0.1) is 0 Å². The molecule has 0 spiro atoms. The quantitative estimate of drug-likeness (QED) is 0.834. The summed E-state index contributed by atoms with van der Waals surface area (Å²) >= 11 is 0. The number of ether oxygens (including phenoxy) is 1. The van der Waals surface area contributed by atoms with Crippen LogP contribution in [0.5, 0.6) is 5.75 Å². The second-order valence-corrected chi connectivity index (χ2v) is 5.41. The molecule has 2 rings (SSSR count). The zero-order chi connectivity index (χ0) is 15.2. The summed E-state index contributed by atoms with van der Waals surface area (Å²) in [5.74, 6) is 6.88. The first-order valence-corrected chi connectivity index (χ1v) is 7.33. The molecule has 1 aromatic carbocycles. The van der Waals surface area contributed by atoms with Crippen molar-refractivity contribution >= 4 is 5.91 Å². The summed E-state index contributed by atoms with van der Waals surface area (Å²) in [5, 5.41) is 3.11. The number of benzene rings is 1. The maximum atomic E-state index is 12.3. The van der Waals surface area contributed by atoms with Crippen LogP contribution < -0.4 is 15.8 Å². The summed E-state index contributed by atoms with van der Waals surface area (Å²) in [6, 6.07) is 5.57. The van der Waals surface area contributed by atoms with Crippen LogP contribution in [0, 0.1) is 17.8 Å². The molecule has 0 heterocycles. The third kappa shape index (κ3) is 3.77. The molecule has 112 valence electrons. The molecule has 21 heavy (non-hydrogen) atoms. The predicted octanol–water partition coefficient (Wildman–Crippen LogP) is 1.92. The second-order valence-electron chi connectivity index (χ2n) is 5.41. The molecule has 1 aliphatic rings. The molecule has 0 saturated heterocycles. The largest absolute Gasteiger partial charge is 0.495 e. The molecule has 1 aromatic rings. The van der Waals surface area contributed by atoms with Crippen molar-refractivity contribution in [2.45, 2.75) is 32.2 Å². The van der Waals surface area contributed by atoms with Crippen LogP contribution >= 0.6 is 0 Å². The molecule has 0 aromatic heterocycles. The Morgan fingerprint density at radius 3 is 2.90 bits per heavy atom. The Bertz CT molecular complexity index is 572. The average Bonchev–Trinajstić information content (AvgIpc) is 2.90. The van der Waals surface area contributed by atoms with Gasteiger partial charge >= 0.3 is 0 Å². The van der Waals surface area contributed by atoms with Crippen LogP contribution in [0.1, 0.15) is 42.1 Å². The van der Waals surface area contributed by atoms with E-state index in [4.69, 9.17) is 10.5 Å². The number of nitrogens with two attached hydrogens (primary N) is 1. The number of methoxy groups -OCH3 is 1. The Hall–Kier alpha value is -1.99. The van der Waals surface area contributed by atoms with Gasteiger partial charge in [0.25, 0.3) is 5.91 Å². The van der Waals surface area contributed by atoms with Crippen molar-refractivity contribution < 1.29 is 9.53 Å². The van der Waals surface area contributed by atoms with Gasteiger partial charge in [-0.25, -0.2) is 0 Å². The Balaban J connectivity index is 2.17. The van der Waals surface area contributed by atoms with Crippen LogP contribution in [0.2, 0.25) is 0 Å². The van der Waals surface area contributed by atoms with Gasteiger partial charge in [0.2, 0.25) is 0 Å². The lowest BCUT2D eigenvalue weighted by Crippen LogP contribution is -2.36. The van der Waals surface area contributed by atoms with Gasteiger partial charge in [0.05, 0.1) is 19.2 Å². The van der Waals surface area contributed by atoms with Crippen molar-refractivity contribution in [3.8, 4) is 17.6 Å². The highest BCUT2D eigenvalue weighted by molar-refractivity contribution is 5.95. The first-order valence-electron chi connectivity index (χ1n) is 7.33. The van der Waals surface area contributed by atoms with E-state index >= 15 is 0 Å². The number of rotatable bonds is 3. The molecule has 1 amide bonds. The Morgan fingerprint density at radius 1 is 1.48 bits per heavy atom. The maximum Gasteiger partial charge on any atom is 0.251 e. The van der Waals surface area contributed by atoms with E-state index in [0.717, 1.165) is 6.42 Å². The van der Waals surface area contributed by atoms with Gasteiger partial charge in [0.15, 0.2) is 0 Å². The smallest absolute Gasteiger partial charge is 0.251 e. The van der Waals surface area contributed by atoms with E-state index in [-0.39, 0.29) is 18.5 Å². The monoisotopic (exact) mass is 286 g/mol. The molecule has 1 saturated carbocycles. The van der Waals surface area contributed by atoms with E-state index in [1.54, 1.807) is 25.3 Å². The average molecular weight is 286 g/mol. The van der Waals surface area contributed by atoms with Crippen molar-refractivity contribution in [3.63, 3.8) is 0 Å². The third-order valence-corrected chi connectivity index (χ3v) is 3.96. The Morgan fingerprint density at radius 2 is 2.29 bits per heavy atom. The molecule has 4 heteroatoms. The summed E-state index contributed by atoms with van der Waals surface area (Å²) in [4.78, 5) is 12.3. The van der Waals surface area contributed by atoms with Crippen LogP contribution in [0.25, 0.3) is 0 Å². The minimum Gasteiger partial charge on any atom is -0.495 e. The first-order chi connectivity index (χ1) is 10.2. The number of hydrogen-bond acceptors (Lipinski definition) is 3. The van der Waals surface area contributed by atoms with Gasteiger partial charge in [-0.05, 0) is 37.0 Å². The number of amides is 1. The molecule has 0 bridgehead atoms. The standard InChI is InChI=1S/C17H22N2O2/c1-12-5-3-7-15(12)19-17(20)14-8-9-16(21-2)13(11-14)6-4-10-18/h8-9,11-12,15H,3,5,7,10,18H2,1-2H3,(H,19,20). The molecule has 2 unspecified atom stereocenters. The molecule has 1 aliphatic carbocycles. The van der Waals surface area contributed by atoms with Crippen molar-refractivity contribution in [3.05, 3.63) is 29.3 Å². The van der Waals surface area contributed by atoms with Crippen LogP contribution in [0.3, 0.4) is 0 Å². The fourth-order valence-electron chi connectivity index (χ4n) is 2.70. The fraction of sp³-hybridized carbons (Fsp3) is 0.471. The van der Waals surface area contributed by atoms with Gasteiger partial charge in [0.1, 0.15) is 5.75 Å². The molecule has 1 fully saturated rings. The van der Waals surface area contributed by atoms with Crippen LogP contribution in [-0.4, -0.2) is 25.6 Å². The Labute approximate surface area is 126 Å². The summed E-state index contributed by atoms with van der Waals surface area (Å²) in [7, 11) is 1.59. The lowest BCUT2D eigenvalue weighted by molar-refractivity contribution is 0.0929. The van der Waals surface area contributed by atoms with Crippen molar-refractivity contribution in [2.75, 3.05) is 13.7 Å². The summed E-state index contributed by atoms with van der Waals surface area (Å²) in [6.07, 6.45) is 3.42. The molecule has 2 atom stereocenters. The predicted molar refractivity (Wildman–Crippen MR) is 83.2 cm³/mol. The zero-order valence-corrected chi connectivity index (χ0v) is 12.6. The van der Waals surface area contributed by atoms with Crippen molar-refractivity contribution in [1.29, 1.82) is 0 Å². The van der Waals surface area contributed by atoms with E-state index in [1.165, 1.54) is 12.8 Å². The number of carbonyl (C=O) groups excluding carboxylic acids is 1. The summed E-state index contributed by atoms with van der Waals surface area (Å²) in [5.41, 5.74) is 6.69. The number of nitrogens with one attached hydrogen (secondary N) is 1. The normalized spacial score (nSPS) is 20.5. The first kappa shape index (κ1) is 15.4. The van der Waals surface area contributed by atoms with E-state index in [9.17, 15) is 4.79 Å². The number of carbonyl (C=O) groups is 1. The van der Waals surface area contributed by atoms with Crippen molar-refractivity contribution in [1.82, 2.24) is 5.32 Å². The van der Waals surface area contributed by atoms with E-state index < -0.39 is 0 Å².